The summed E-state index contributed by atoms with van der Waals surface area (Å²) < 4.78 is 28.1. The Balaban J connectivity index is 1.75. The molecule has 0 bridgehead atoms. The van der Waals surface area contributed by atoms with Crippen LogP contribution in [-0.4, -0.2) is 19.9 Å². The van der Waals surface area contributed by atoms with Gasteiger partial charge in [-0.1, -0.05) is 23.7 Å². The van der Waals surface area contributed by atoms with Crippen molar-refractivity contribution in [3.8, 4) is 22.5 Å². The Morgan fingerprint density at radius 1 is 0.742 bits per heavy atom. The Hall–Kier alpha value is -2.77. The zero-order chi connectivity index (χ0) is 22.2. The number of hydrogen-bond acceptors (Lipinski definition) is 4. The van der Waals surface area contributed by atoms with Crippen LogP contribution in [-0.2, 0) is 5.41 Å². The molecule has 0 aromatic carbocycles. The molecule has 0 saturated carbocycles. The van der Waals surface area contributed by atoms with Crippen molar-refractivity contribution in [1.29, 1.82) is 0 Å². The predicted molar refractivity (Wildman–Crippen MR) is 120 cm³/mol. The molecule has 0 aliphatic heterocycles. The third-order valence-electron chi connectivity index (χ3n) is 4.96. The van der Waals surface area contributed by atoms with Crippen molar-refractivity contribution in [3.63, 3.8) is 0 Å². The molecule has 4 heterocycles. The Morgan fingerprint density at radius 2 is 1.32 bits per heavy atom. The molecule has 0 aliphatic rings. The van der Waals surface area contributed by atoms with Crippen LogP contribution in [0.25, 0.3) is 22.5 Å². The average molecular weight is 502 g/mol. The number of nitrogens with zero attached hydrogens (tertiary/aromatic N) is 4. The summed E-state index contributed by atoms with van der Waals surface area (Å²) in [4.78, 5) is 16.9. The maximum Gasteiger partial charge on any atom is 0.223 e. The molecule has 0 unspecified atom stereocenters. The first-order valence-corrected chi connectivity index (χ1v) is 10.5. The van der Waals surface area contributed by atoms with E-state index in [0.29, 0.717) is 32.8 Å². The minimum absolute atomic E-state index is 0.0424. The molecule has 0 spiro atoms. The summed E-state index contributed by atoms with van der Waals surface area (Å²) >= 11 is 9.28. The molecule has 4 aromatic heterocycles. The standard InChI is InChI=1S/C23H16BrClF2N4/c1-23(2,17-7-3-5-15(28-17)13-10-12-20(26)31-21(13)25)18-8-4-6-16(29-18)14-9-11-19(24)30-22(14)27/h3-12H,1-2H3. The minimum Gasteiger partial charge on any atom is -0.252 e. The van der Waals surface area contributed by atoms with Crippen LogP contribution < -0.4 is 0 Å². The molecule has 0 amide bonds. The summed E-state index contributed by atoms with van der Waals surface area (Å²) in [5.41, 5.74) is 2.72. The van der Waals surface area contributed by atoms with E-state index in [9.17, 15) is 8.78 Å². The fourth-order valence-electron chi connectivity index (χ4n) is 3.20. The van der Waals surface area contributed by atoms with Crippen molar-refractivity contribution >= 4 is 27.5 Å². The van der Waals surface area contributed by atoms with Gasteiger partial charge in [0.2, 0.25) is 11.9 Å². The normalized spacial score (nSPS) is 11.5. The van der Waals surface area contributed by atoms with E-state index in [2.05, 4.69) is 30.9 Å². The van der Waals surface area contributed by atoms with Crippen molar-refractivity contribution < 1.29 is 8.78 Å². The zero-order valence-corrected chi connectivity index (χ0v) is 18.9. The summed E-state index contributed by atoms with van der Waals surface area (Å²) in [7, 11) is 0. The second-order valence-corrected chi connectivity index (χ2v) is 8.56. The first kappa shape index (κ1) is 21.5. The van der Waals surface area contributed by atoms with Crippen LogP contribution in [0.4, 0.5) is 8.78 Å². The van der Waals surface area contributed by atoms with E-state index >= 15 is 0 Å². The van der Waals surface area contributed by atoms with Gasteiger partial charge in [0.05, 0.1) is 28.3 Å². The van der Waals surface area contributed by atoms with Gasteiger partial charge >= 0.3 is 0 Å². The summed E-state index contributed by atoms with van der Waals surface area (Å²) in [5, 5.41) is 0.0424. The summed E-state index contributed by atoms with van der Waals surface area (Å²) in [6, 6.07) is 17.0. The van der Waals surface area contributed by atoms with Crippen LogP contribution in [0, 0.1) is 11.9 Å². The molecule has 0 radical (unpaired) electrons. The first-order chi connectivity index (χ1) is 14.8. The Labute approximate surface area is 191 Å². The number of aromatic nitrogens is 4. The molecule has 31 heavy (non-hydrogen) atoms. The highest BCUT2D eigenvalue weighted by Crippen LogP contribution is 2.33. The lowest BCUT2D eigenvalue weighted by molar-refractivity contribution is 0.581. The molecule has 4 aromatic rings. The van der Waals surface area contributed by atoms with Gasteiger partial charge in [0.1, 0.15) is 9.76 Å². The van der Waals surface area contributed by atoms with Gasteiger partial charge in [-0.3, -0.25) is 9.97 Å². The summed E-state index contributed by atoms with van der Waals surface area (Å²) in [6.07, 6.45) is 0. The van der Waals surface area contributed by atoms with Crippen LogP contribution >= 0.6 is 27.5 Å². The highest BCUT2D eigenvalue weighted by atomic mass is 79.9. The van der Waals surface area contributed by atoms with Crippen molar-refractivity contribution in [2.75, 3.05) is 0 Å². The van der Waals surface area contributed by atoms with Gasteiger partial charge in [0.15, 0.2) is 0 Å². The van der Waals surface area contributed by atoms with E-state index < -0.39 is 17.3 Å². The highest BCUT2D eigenvalue weighted by Gasteiger charge is 2.27. The predicted octanol–water partition coefficient (Wildman–Crippen LogP) is 6.62. The zero-order valence-electron chi connectivity index (χ0n) is 16.6. The minimum atomic E-state index is -0.652. The fourth-order valence-corrected chi connectivity index (χ4v) is 3.73. The van der Waals surface area contributed by atoms with Crippen LogP contribution in [0.3, 0.4) is 0 Å². The SMILES string of the molecule is CC(C)(c1cccc(-c2ccc(Br)nc2F)n1)c1cccc(-c2ccc(F)nc2Cl)n1. The van der Waals surface area contributed by atoms with Crippen LogP contribution in [0.1, 0.15) is 25.2 Å². The molecule has 0 fully saturated rings. The quantitative estimate of drug-likeness (QED) is 0.295. The van der Waals surface area contributed by atoms with Crippen molar-refractivity contribution in [1.82, 2.24) is 19.9 Å². The molecule has 0 atom stereocenters. The Bertz CT molecular complexity index is 1180. The van der Waals surface area contributed by atoms with Gasteiger partial charge in [-0.15, -0.1) is 0 Å². The molecule has 0 N–H and O–H groups in total. The van der Waals surface area contributed by atoms with Crippen molar-refractivity contribution in [2.24, 2.45) is 0 Å². The monoisotopic (exact) mass is 500 g/mol. The molecular formula is C23H16BrClF2N4. The Morgan fingerprint density at radius 3 is 1.90 bits per heavy atom. The summed E-state index contributed by atoms with van der Waals surface area (Å²) in [6.45, 7) is 3.96. The highest BCUT2D eigenvalue weighted by molar-refractivity contribution is 9.10. The fraction of sp³-hybridized carbons (Fsp3) is 0.130. The van der Waals surface area contributed by atoms with Gasteiger partial charge in [0.25, 0.3) is 0 Å². The maximum atomic E-state index is 14.4. The molecule has 8 heteroatoms. The number of halogens is 4. The van der Waals surface area contributed by atoms with Crippen LogP contribution in [0.5, 0.6) is 0 Å². The Kier molecular flexibility index (Phi) is 5.81. The van der Waals surface area contributed by atoms with Crippen LogP contribution in [0.2, 0.25) is 5.15 Å². The van der Waals surface area contributed by atoms with Gasteiger partial charge in [-0.25, -0.2) is 9.97 Å². The van der Waals surface area contributed by atoms with Crippen molar-refractivity contribution in [3.05, 3.63) is 93.7 Å². The van der Waals surface area contributed by atoms with Crippen molar-refractivity contribution in [2.45, 2.75) is 19.3 Å². The van der Waals surface area contributed by atoms with Gasteiger partial charge < -0.3 is 0 Å². The molecule has 4 nitrogen and oxygen atoms in total. The van der Waals surface area contributed by atoms with E-state index in [0.717, 1.165) is 5.69 Å². The third-order valence-corrected chi connectivity index (χ3v) is 5.69. The lowest BCUT2D eigenvalue weighted by Gasteiger charge is -2.25. The number of hydrogen-bond donors (Lipinski definition) is 0. The third kappa shape index (κ3) is 4.34. The second kappa shape index (κ2) is 8.40. The molecule has 156 valence electrons. The largest absolute Gasteiger partial charge is 0.252 e. The maximum absolute atomic E-state index is 14.4. The second-order valence-electron chi connectivity index (χ2n) is 7.39. The van der Waals surface area contributed by atoms with E-state index in [1.165, 1.54) is 6.07 Å². The molecule has 4 rings (SSSR count). The van der Waals surface area contributed by atoms with E-state index in [1.807, 2.05) is 38.1 Å². The summed E-state index contributed by atoms with van der Waals surface area (Å²) in [5.74, 6) is -1.25. The van der Waals surface area contributed by atoms with E-state index in [1.54, 1.807) is 30.3 Å². The lowest BCUT2D eigenvalue weighted by Crippen LogP contribution is -2.22. The number of rotatable bonds is 4. The van der Waals surface area contributed by atoms with E-state index in [-0.39, 0.29) is 5.15 Å². The lowest BCUT2D eigenvalue weighted by atomic mass is 9.84. The number of pyridine rings is 4. The van der Waals surface area contributed by atoms with Gasteiger partial charge in [-0.2, -0.15) is 8.78 Å². The first-order valence-electron chi connectivity index (χ1n) is 9.35. The molecule has 0 saturated heterocycles. The molecule has 0 aliphatic carbocycles. The smallest absolute Gasteiger partial charge is 0.223 e. The van der Waals surface area contributed by atoms with Gasteiger partial charge in [0, 0.05) is 11.0 Å². The average Bonchev–Trinajstić information content (AvgIpc) is 2.74. The van der Waals surface area contributed by atoms with E-state index in [4.69, 9.17) is 16.6 Å². The molecular weight excluding hydrogens is 486 g/mol. The topological polar surface area (TPSA) is 51.6 Å². The van der Waals surface area contributed by atoms with Gasteiger partial charge in [-0.05, 0) is 78.3 Å². The van der Waals surface area contributed by atoms with Crippen LogP contribution in [0.15, 0.2) is 65.3 Å².